The van der Waals surface area contributed by atoms with Crippen molar-refractivity contribution in [2.45, 2.75) is 70.5 Å². The van der Waals surface area contributed by atoms with Crippen LogP contribution in [0.4, 0.5) is 0 Å². The Kier molecular flexibility index (Phi) is 5.02. The van der Waals surface area contributed by atoms with Crippen LogP contribution in [0.3, 0.4) is 0 Å². The smallest absolute Gasteiger partial charge is 0.335 e. The van der Waals surface area contributed by atoms with Gasteiger partial charge in [0.2, 0.25) is 0 Å². The molecule has 0 atom stereocenters. The van der Waals surface area contributed by atoms with E-state index in [-0.39, 0.29) is 0 Å². The Labute approximate surface area is 205 Å². The summed E-state index contributed by atoms with van der Waals surface area (Å²) in [5, 5.41) is 12.4. The predicted molar refractivity (Wildman–Crippen MR) is 140 cm³/mol. The fourth-order valence-electron chi connectivity index (χ4n) is 6.94. The molecule has 0 spiro atoms. The summed E-state index contributed by atoms with van der Waals surface area (Å²) >= 11 is 0. The molecule has 1 saturated heterocycles. The first-order valence-corrected chi connectivity index (χ1v) is 13.4. The molecule has 4 aromatic rings. The lowest BCUT2D eigenvalue weighted by Gasteiger charge is -2.30. The zero-order valence-electron chi connectivity index (χ0n) is 20.3. The number of para-hydroxylation sites is 1. The summed E-state index contributed by atoms with van der Waals surface area (Å²) in [6, 6.07) is 12.7. The van der Waals surface area contributed by atoms with Crippen LogP contribution in [-0.4, -0.2) is 38.2 Å². The lowest BCUT2D eigenvalue weighted by atomic mass is 9.81. The van der Waals surface area contributed by atoms with Crippen molar-refractivity contribution in [1.82, 2.24) is 14.0 Å². The molecule has 1 saturated carbocycles. The van der Waals surface area contributed by atoms with E-state index in [4.69, 9.17) is 0 Å². The van der Waals surface area contributed by atoms with E-state index in [0.29, 0.717) is 11.5 Å². The van der Waals surface area contributed by atoms with Crippen LogP contribution in [0, 0.1) is 0 Å². The van der Waals surface area contributed by atoms with Crippen LogP contribution in [0.5, 0.6) is 0 Å². The number of aryl methyl sites for hydroxylation is 2. The third-order valence-corrected chi connectivity index (χ3v) is 8.72. The van der Waals surface area contributed by atoms with Crippen LogP contribution < -0.4 is 0 Å². The summed E-state index contributed by atoms with van der Waals surface area (Å²) in [6.45, 7) is 5.35. The number of likely N-dealkylation sites (tertiary alicyclic amines) is 1. The highest BCUT2D eigenvalue weighted by Crippen LogP contribution is 2.47. The normalized spacial score (nSPS) is 18.9. The number of carbonyl (C=O) groups is 1. The first kappa shape index (κ1) is 21.3. The number of aromatic carboxylic acids is 1. The van der Waals surface area contributed by atoms with Crippen LogP contribution >= 0.6 is 0 Å². The molecule has 5 heteroatoms. The zero-order chi connectivity index (χ0) is 23.5. The van der Waals surface area contributed by atoms with Gasteiger partial charge in [-0.25, -0.2) is 4.79 Å². The summed E-state index contributed by atoms with van der Waals surface area (Å²) in [5.41, 5.74) is 8.41. The monoisotopic (exact) mass is 467 g/mol. The lowest BCUT2D eigenvalue weighted by molar-refractivity contribution is 0.0697. The van der Waals surface area contributed by atoms with Crippen LogP contribution in [0.15, 0.2) is 42.6 Å². The molecule has 1 N–H and O–H groups in total. The number of hydrogen-bond donors (Lipinski definition) is 1. The summed E-state index contributed by atoms with van der Waals surface area (Å²) in [5.74, 6) is -0.309. The maximum absolute atomic E-state index is 11.9. The second kappa shape index (κ2) is 8.27. The number of benzene rings is 2. The van der Waals surface area contributed by atoms with Gasteiger partial charge in [0.1, 0.15) is 0 Å². The van der Waals surface area contributed by atoms with Crippen molar-refractivity contribution in [3.63, 3.8) is 0 Å². The highest BCUT2D eigenvalue weighted by atomic mass is 16.4. The average molecular weight is 468 g/mol. The second-order valence-corrected chi connectivity index (χ2v) is 10.8. The fraction of sp³-hybridized carbons (Fsp3) is 0.433. The van der Waals surface area contributed by atoms with Gasteiger partial charge in [-0.3, -0.25) is 4.90 Å². The van der Waals surface area contributed by atoms with E-state index in [2.05, 4.69) is 44.5 Å². The van der Waals surface area contributed by atoms with E-state index in [1.807, 2.05) is 6.07 Å². The Morgan fingerprint density at radius 1 is 0.914 bits per heavy atom. The SMILES string of the molecule is O=C(O)c1ccc2c(C3CCCCC3)c3n(c2c1)CCCn1cc(CN2CCC2)c2cccc-3c21. The van der Waals surface area contributed by atoms with Gasteiger partial charge in [0, 0.05) is 47.7 Å². The zero-order valence-corrected chi connectivity index (χ0v) is 20.3. The molecule has 180 valence electrons. The number of carboxylic acids is 1. The number of carboxylic acid groups (broad SMARTS) is 1. The van der Waals surface area contributed by atoms with Crippen molar-refractivity contribution in [3.8, 4) is 11.3 Å². The molecule has 0 unspecified atom stereocenters. The molecular weight excluding hydrogens is 434 g/mol. The van der Waals surface area contributed by atoms with E-state index in [0.717, 1.165) is 31.6 Å². The summed E-state index contributed by atoms with van der Waals surface area (Å²) in [4.78, 5) is 14.4. The minimum atomic E-state index is -0.848. The van der Waals surface area contributed by atoms with Gasteiger partial charge in [-0.2, -0.15) is 0 Å². The van der Waals surface area contributed by atoms with Crippen LogP contribution in [0.25, 0.3) is 33.1 Å². The van der Waals surface area contributed by atoms with Gasteiger partial charge in [0.05, 0.1) is 16.8 Å². The van der Waals surface area contributed by atoms with Gasteiger partial charge in [0.15, 0.2) is 0 Å². The van der Waals surface area contributed by atoms with E-state index in [1.54, 1.807) is 6.07 Å². The Morgan fingerprint density at radius 2 is 1.74 bits per heavy atom. The van der Waals surface area contributed by atoms with Crippen LogP contribution in [0.1, 0.15) is 72.3 Å². The van der Waals surface area contributed by atoms with E-state index >= 15 is 0 Å². The molecule has 0 bridgehead atoms. The van der Waals surface area contributed by atoms with Gasteiger partial charge in [-0.15, -0.1) is 0 Å². The molecule has 3 aliphatic rings. The maximum Gasteiger partial charge on any atom is 0.335 e. The minimum absolute atomic E-state index is 0.383. The van der Waals surface area contributed by atoms with Crippen molar-refractivity contribution in [1.29, 1.82) is 0 Å². The number of rotatable bonds is 4. The highest BCUT2D eigenvalue weighted by molar-refractivity contribution is 6.03. The molecule has 2 aliphatic heterocycles. The summed E-state index contributed by atoms with van der Waals surface area (Å²) < 4.78 is 4.97. The first-order valence-electron chi connectivity index (χ1n) is 13.4. The van der Waals surface area contributed by atoms with E-state index in [1.165, 1.54) is 90.3 Å². The first-order chi connectivity index (χ1) is 17.2. The third kappa shape index (κ3) is 3.35. The topological polar surface area (TPSA) is 50.4 Å². The molecule has 7 rings (SSSR count). The third-order valence-electron chi connectivity index (χ3n) is 8.72. The van der Waals surface area contributed by atoms with Gasteiger partial charge in [-0.1, -0.05) is 43.5 Å². The van der Waals surface area contributed by atoms with Crippen molar-refractivity contribution < 1.29 is 9.90 Å². The Bertz CT molecular complexity index is 1450. The minimum Gasteiger partial charge on any atom is -0.478 e. The van der Waals surface area contributed by atoms with Crippen LogP contribution in [-0.2, 0) is 19.6 Å². The van der Waals surface area contributed by atoms with Crippen LogP contribution in [0.2, 0.25) is 0 Å². The Morgan fingerprint density at radius 3 is 2.51 bits per heavy atom. The second-order valence-electron chi connectivity index (χ2n) is 10.8. The molecule has 0 radical (unpaired) electrons. The average Bonchev–Trinajstić information content (AvgIpc) is 3.36. The molecule has 2 fully saturated rings. The van der Waals surface area contributed by atoms with E-state index in [9.17, 15) is 9.90 Å². The molecule has 2 aromatic carbocycles. The van der Waals surface area contributed by atoms with Gasteiger partial charge in [0.25, 0.3) is 0 Å². The Balaban J connectivity index is 1.51. The number of hydrogen-bond acceptors (Lipinski definition) is 2. The molecule has 2 aromatic heterocycles. The number of nitrogens with zero attached hydrogens (tertiary/aromatic N) is 3. The number of fused-ring (bicyclic) bond motifs is 4. The molecular formula is C30H33N3O2. The standard InChI is InChI=1S/C30H33N3O2/c34-30(35)21-11-12-24-26(17-21)33-16-6-15-32-19-22(18-31-13-5-14-31)23-9-4-10-25(28(23)32)29(33)27(24)20-7-2-1-3-8-20/h4,9-12,17,19-20H,1-3,5-8,13-16,18H2,(H,34,35). The lowest BCUT2D eigenvalue weighted by Crippen LogP contribution is -2.36. The molecule has 4 heterocycles. The molecule has 1 aliphatic carbocycles. The largest absolute Gasteiger partial charge is 0.478 e. The Hall–Kier alpha value is -3.05. The van der Waals surface area contributed by atoms with Gasteiger partial charge < -0.3 is 14.2 Å². The summed E-state index contributed by atoms with van der Waals surface area (Å²) in [6.07, 6.45) is 11.1. The van der Waals surface area contributed by atoms with Gasteiger partial charge in [-0.05, 0) is 68.0 Å². The van der Waals surface area contributed by atoms with E-state index < -0.39 is 5.97 Å². The molecule has 35 heavy (non-hydrogen) atoms. The maximum atomic E-state index is 11.9. The molecule has 0 amide bonds. The van der Waals surface area contributed by atoms with Crippen molar-refractivity contribution >= 4 is 27.8 Å². The molecule has 5 nitrogen and oxygen atoms in total. The summed E-state index contributed by atoms with van der Waals surface area (Å²) in [7, 11) is 0. The highest BCUT2D eigenvalue weighted by Gasteiger charge is 2.29. The van der Waals surface area contributed by atoms with Crippen molar-refractivity contribution in [2.24, 2.45) is 0 Å². The van der Waals surface area contributed by atoms with Crippen molar-refractivity contribution in [2.75, 3.05) is 13.1 Å². The predicted octanol–water partition coefficient (Wildman–Crippen LogP) is 6.62. The fourth-order valence-corrected chi connectivity index (χ4v) is 6.94. The quantitative estimate of drug-likeness (QED) is 0.367. The number of aromatic nitrogens is 2. The van der Waals surface area contributed by atoms with Gasteiger partial charge >= 0.3 is 5.97 Å². The van der Waals surface area contributed by atoms with Crippen molar-refractivity contribution in [3.05, 3.63) is 59.3 Å².